The molecule has 0 fully saturated rings. The van der Waals surface area contributed by atoms with Crippen molar-refractivity contribution < 1.29 is 14.4 Å². The normalized spacial score (nSPS) is 12.5. The molecule has 0 bridgehead atoms. The number of hydrogen-bond acceptors (Lipinski definition) is 4. The maximum atomic E-state index is 13.0. The first kappa shape index (κ1) is 11.4. The van der Waals surface area contributed by atoms with Crippen LogP contribution in [-0.4, -0.2) is 16.1 Å². The van der Waals surface area contributed by atoms with Gasteiger partial charge in [0.1, 0.15) is 5.75 Å². The zero-order valence-corrected chi connectivity index (χ0v) is 8.11. The van der Waals surface area contributed by atoms with Gasteiger partial charge < -0.3 is 10.8 Å². The summed E-state index contributed by atoms with van der Waals surface area (Å²) in [7, 11) is 0. The Balaban J connectivity index is 3.17. The summed E-state index contributed by atoms with van der Waals surface area (Å²) in [4.78, 5) is 9.59. The van der Waals surface area contributed by atoms with Crippen LogP contribution in [0.1, 0.15) is 12.5 Å². The lowest BCUT2D eigenvalue weighted by Crippen LogP contribution is -2.18. The van der Waals surface area contributed by atoms with Crippen molar-refractivity contribution in [3.63, 3.8) is 0 Å². The van der Waals surface area contributed by atoms with Crippen LogP contribution in [0, 0.1) is 15.9 Å². The summed E-state index contributed by atoms with van der Waals surface area (Å²) in [5, 5.41) is 19.8. The van der Waals surface area contributed by atoms with Gasteiger partial charge in [-0.1, -0.05) is 0 Å². The van der Waals surface area contributed by atoms with Crippen LogP contribution >= 0.6 is 0 Å². The molecule has 82 valence electrons. The van der Waals surface area contributed by atoms with E-state index in [-0.39, 0.29) is 23.8 Å². The highest BCUT2D eigenvalue weighted by Gasteiger charge is 2.18. The molecule has 0 amide bonds. The first-order valence-electron chi connectivity index (χ1n) is 4.33. The summed E-state index contributed by atoms with van der Waals surface area (Å²) in [5.74, 6) is -1.36. The average molecular weight is 214 g/mol. The SMILES string of the molecule is CC(N)Cc1cc([N+](=O)[O-])c(F)cc1O. The summed E-state index contributed by atoms with van der Waals surface area (Å²) in [6, 6.07) is 1.48. The Kier molecular flexibility index (Phi) is 3.21. The minimum Gasteiger partial charge on any atom is -0.508 e. The molecule has 15 heavy (non-hydrogen) atoms. The lowest BCUT2D eigenvalue weighted by Gasteiger charge is -2.07. The fraction of sp³-hybridized carbons (Fsp3) is 0.333. The number of phenols is 1. The molecule has 6 heteroatoms. The Morgan fingerprint density at radius 1 is 1.67 bits per heavy atom. The summed E-state index contributed by atoms with van der Waals surface area (Å²) < 4.78 is 13.0. The molecule has 0 aromatic heterocycles. The Morgan fingerprint density at radius 3 is 2.73 bits per heavy atom. The molecule has 1 rings (SSSR count). The van der Waals surface area contributed by atoms with Crippen LogP contribution < -0.4 is 5.73 Å². The van der Waals surface area contributed by atoms with E-state index in [1.807, 2.05) is 0 Å². The van der Waals surface area contributed by atoms with Gasteiger partial charge in [-0.15, -0.1) is 0 Å². The van der Waals surface area contributed by atoms with Crippen LogP contribution in [0.2, 0.25) is 0 Å². The Morgan fingerprint density at radius 2 is 2.27 bits per heavy atom. The number of phenolic OH excluding ortho intramolecular Hbond substituents is 1. The van der Waals surface area contributed by atoms with E-state index in [0.717, 1.165) is 12.1 Å². The maximum Gasteiger partial charge on any atom is 0.305 e. The third-order valence-corrected chi connectivity index (χ3v) is 1.89. The lowest BCUT2D eigenvalue weighted by molar-refractivity contribution is -0.387. The van der Waals surface area contributed by atoms with E-state index >= 15 is 0 Å². The van der Waals surface area contributed by atoms with Crippen molar-refractivity contribution in [3.8, 4) is 5.75 Å². The predicted octanol–water partition coefficient (Wildman–Crippen LogP) is 1.33. The third-order valence-electron chi connectivity index (χ3n) is 1.89. The van der Waals surface area contributed by atoms with Crippen molar-refractivity contribution in [1.82, 2.24) is 0 Å². The molecule has 0 heterocycles. The van der Waals surface area contributed by atoms with Gasteiger partial charge in [0, 0.05) is 23.7 Å². The second kappa shape index (κ2) is 4.22. The molecule has 0 saturated carbocycles. The smallest absolute Gasteiger partial charge is 0.305 e. The Hall–Kier alpha value is -1.69. The molecule has 3 N–H and O–H groups in total. The van der Waals surface area contributed by atoms with E-state index in [0.29, 0.717) is 0 Å². The largest absolute Gasteiger partial charge is 0.508 e. The van der Waals surface area contributed by atoms with Gasteiger partial charge in [0.2, 0.25) is 5.82 Å². The van der Waals surface area contributed by atoms with Crippen LogP contribution in [0.15, 0.2) is 12.1 Å². The van der Waals surface area contributed by atoms with Crippen molar-refractivity contribution in [2.24, 2.45) is 5.73 Å². The second-order valence-corrected chi connectivity index (χ2v) is 3.37. The highest BCUT2D eigenvalue weighted by Crippen LogP contribution is 2.27. The van der Waals surface area contributed by atoms with Crippen LogP contribution in [-0.2, 0) is 6.42 Å². The molecule has 0 radical (unpaired) electrons. The standard InChI is InChI=1S/C9H11FN2O3/c1-5(11)2-6-3-8(12(14)15)7(10)4-9(6)13/h3-5,13H,2,11H2,1H3. The molecule has 1 aromatic carbocycles. The first-order valence-corrected chi connectivity index (χ1v) is 4.33. The van der Waals surface area contributed by atoms with E-state index in [1.165, 1.54) is 0 Å². The molecule has 5 nitrogen and oxygen atoms in total. The number of halogens is 1. The number of nitrogens with two attached hydrogens (primary N) is 1. The van der Waals surface area contributed by atoms with Crippen LogP contribution in [0.4, 0.5) is 10.1 Å². The number of hydrogen-bond donors (Lipinski definition) is 2. The first-order chi connectivity index (χ1) is 6.91. The van der Waals surface area contributed by atoms with Crippen molar-refractivity contribution in [2.45, 2.75) is 19.4 Å². The monoisotopic (exact) mass is 214 g/mol. The van der Waals surface area contributed by atoms with Crippen molar-refractivity contribution >= 4 is 5.69 Å². The van der Waals surface area contributed by atoms with Gasteiger partial charge in [0.15, 0.2) is 0 Å². The summed E-state index contributed by atoms with van der Waals surface area (Å²) in [6.07, 6.45) is 0.257. The molecular formula is C9H11FN2O3. The number of nitro benzene ring substituents is 1. The van der Waals surface area contributed by atoms with Gasteiger partial charge >= 0.3 is 5.69 Å². The summed E-state index contributed by atoms with van der Waals surface area (Å²) in [5.41, 5.74) is 5.11. The highest BCUT2D eigenvalue weighted by atomic mass is 19.1. The van der Waals surface area contributed by atoms with E-state index < -0.39 is 16.4 Å². The number of nitrogens with zero attached hydrogens (tertiary/aromatic N) is 1. The zero-order valence-electron chi connectivity index (χ0n) is 8.11. The quantitative estimate of drug-likeness (QED) is 0.586. The van der Waals surface area contributed by atoms with E-state index in [4.69, 9.17) is 5.73 Å². The molecule has 0 aliphatic carbocycles. The number of benzene rings is 1. The highest BCUT2D eigenvalue weighted by molar-refractivity contribution is 5.44. The van der Waals surface area contributed by atoms with Crippen LogP contribution in [0.3, 0.4) is 0 Å². The maximum absolute atomic E-state index is 13.0. The van der Waals surface area contributed by atoms with Crippen LogP contribution in [0.25, 0.3) is 0 Å². The molecule has 1 unspecified atom stereocenters. The van der Waals surface area contributed by atoms with Gasteiger partial charge in [0.25, 0.3) is 0 Å². The number of aromatic hydroxyl groups is 1. The van der Waals surface area contributed by atoms with E-state index in [2.05, 4.69) is 0 Å². The summed E-state index contributed by atoms with van der Waals surface area (Å²) in [6.45, 7) is 1.69. The van der Waals surface area contributed by atoms with E-state index in [1.54, 1.807) is 6.92 Å². The Bertz CT molecular complexity index is 393. The average Bonchev–Trinajstić information content (AvgIpc) is 2.08. The number of nitro groups is 1. The predicted molar refractivity (Wildman–Crippen MR) is 52.1 cm³/mol. The molecule has 1 aromatic rings. The van der Waals surface area contributed by atoms with Gasteiger partial charge in [-0.05, 0) is 13.3 Å². The fourth-order valence-corrected chi connectivity index (χ4v) is 1.24. The van der Waals surface area contributed by atoms with Crippen LogP contribution in [0.5, 0.6) is 5.75 Å². The topological polar surface area (TPSA) is 89.4 Å². The minimum absolute atomic E-state index is 0.257. The lowest BCUT2D eigenvalue weighted by atomic mass is 10.1. The Labute approximate surface area is 85.5 Å². The second-order valence-electron chi connectivity index (χ2n) is 3.37. The molecular weight excluding hydrogens is 203 g/mol. The molecule has 0 aliphatic rings. The minimum atomic E-state index is -1.05. The third kappa shape index (κ3) is 2.63. The van der Waals surface area contributed by atoms with Gasteiger partial charge in [0.05, 0.1) is 4.92 Å². The molecule has 0 aliphatic heterocycles. The zero-order chi connectivity index (χ0) is 11.6. The van der Waals surface area contributed by atoms with Gasteiger partial charge in [-0.2, -0.15) is 4.39 Å². The molecule has 0 saturated heterocycles. The van der Waals surface area contributed by atoms with Crippen molar-refractivity contribution in [3.05, 3.63) is 33.6 Å². The van der Waals surface area contributed by atoms with Gasteiger partial charge in [-0.3, -0.25) is 10.1 Å². The fourth-order valence-electron chi connectivity index (χ4n) is 1.24. The summed E-state index contributed by atoms with van der Waals surface area (Å²) >= 11 is 0. The molecule has 0 spiro atoms. The molecule has 1 atom stereocenters. The van der Waals surface area contributed by atoms with Crippen molar-refractivity contribution in [2.75, 3.05) is 0 Å². The van der Waals surface area contributed by atoms with Gasteiger partial charge in [-0.25, -0.2) is 0 Å². The van der Waals surface area contributed by atoms with Crippen molar-refractivity contribution in [1.29, 1.82) is 0 Å². The van der Waals surface area contributed by atoms with E-state index in [9.17, 15) is 19.6 Å². The number of rotatable bonds is 3.